The van der Waals surface area contributed by atoms with Crippen molar-refractivity contribution in [2.24, 2.45) is 5.73 Å². The number of fused-ring (bicyclic) bond motifs is 1. The topological polar surface area (TPSA) is 143 Å². The summed E-state index contributed by atoms with van der Waals surface area (Å²) >= 11 is 0. The minimum Gasteiger partial charge on any atom is -0.493 e. The maximum atomic E-state index is 14.3. The Bertz CT molecular complexity index is 1480. The number of benzene rings is 2. The summed E-state index contributed by atoms with van der Waals surface area (Å²) in [6.07, 6.45) is 1.94. The number of anilines is 3. The van der Waals surface area contributed by atoms with E-state index in [1.807, 2.05) is 0 Å². The molecule has 0 unspecified atom stereocenters. The number of ether oxygens (including phenoxy) is 2. The molecule has 1 amide bonds. The molecule has 11 nitrogen and oxygen atoms in total. The molecule has 0 bridgehead atoms. The van der Waals surface area contributed by atoms with Crippen LogP contribution < -0.4 is 20.1 Å². The monoisotopic (exact) mass is 569 g/mol. The van der Waals surface area contributed by atoms with E-state index in [-0.39, 0.29) is 30.4 Å². The zero-order valence-electron chi connectivity index (χ0n) is 23.1. The fourth-order valence-corrected chi connectivity index (χ4v) is 4.48. The Morgan fingerprint density at radius 2 is 1.83 bits per heavy atom. The van der Waals surface area contributed by atoms with Gasteiger partial charge in [0, 0.05) is 48.4 Å². The number of H-pyrrole nitrogens is 1. The number of nitrogens with zero attached hydrogens (tertiary/aromatic N) is 5. The summed E-state index contributed by atoms with van der Waals surface area (Å²) in [5.41, 5.74) is 6.33. The maximum Gasteiger partial charge on any atom is 0.223 e. The van der Waals surface area contributed by atoms with Crippen molar-refractivity contribution in [1.29, 1.82) is 0 Å². The van der Waals surface area contributed by atoms with E-state index < -0.39 is 17.5 Å². The Kier molecular flexibility index (Phi) is 9.63. The quantitative estimate of drug-likeness (QED) is 0.194. The smallest absolute Gasteiger partial charge is 0.223 e. The van der Waals surface area contributed by atoms with Crippen LogP contribution in [0.3, 0.4) is 0 Å². The summed E-state index contributed by atoms with van der Waals surface area (Å²) in [7, 11) is 1.50. The van der Waals surface area contributed by atoms with Crippen molar-refractivity contribution < 1.29 is 28.2 Å². The molecule has 0 spiro atoms. The van der Waals surface area contributed by atoms with Gasteiger partial charge in [-0.25, -0.2) is 18.7 Å². The fourth-order valence-electron chi connectivity index (χ4n) is 4.48. The number of nitrogens with one attached hydrogen (secondary N) is 1. The number of methoxy groups -OCH3 is 1. The summed E-state index contributed by atoms with van der Waals surface area (Å²) in [4.78, 5) is 23.9. The third-order valence-electron chi connectivity index (χ3n) is 6.39. The van der Waals surface area contributed by atoms with Crippen LogP contribution in [-0.4, -0.2) is 75.5 Å². The lowest BCUT2D eigenvalue weighted by Gasteiger charge is -2.25. The van der Waals surface area contributed by atoms with Gasteiger partial charge in [-0.15, -0.1) is 0 Å². The number of aliphatic hydroxyl groups excluding tert-OH is 1. The highest BCUT2D eigenvalue weighted by molar-refractivity contribution is 5.96. The normalized spacial score (nSPS) is 11.4. The number of aliphatic hydroxyl groups is 1. The summed E-state index contributed by atoms with van der Waals surface area (Å²) in [5.74, 6) is -0.791. The first-order valence-electron chi connectivity index (χ1n) is 13.1. The van der Waals surface area contributed by atoms with Crippen molar-refractivity contribution in [3.8, 4) is 11.5 Å². The van der Waals surface area contributed by atoms with Crippen LogP contribution in [0.4, 0.5) is 26.1 Å². The molecule has 2 aromatic carbocycles. The van der Waals surface area contributed by atoms with Gasteiger partial charge in [0.05, 0.1) is 37.9 Å². The van der Waals surface area contributed by atoms with Crippen LogP contribution in [-0.2, 0) is 11.2 Å². The Balaban J connectivity index is 1.71. The predicted octanol–water partition coefficient (Wildman–Crippen LogP) is 3.61. The zero-order chi connectivity index (χ0) is 29.5. The first-order valence-corrected chi connectivity index (χ1v) is 13.1. The number of rotatable bonds is 14. The number of aromatic nitrogens is 4. The van der Waals surface area contributed by atoms with Crippen LogP contribution in [0.5, 0.6) is 11.5 Å². The van der Waals surface area contributed by atoms with E-state index >= 15 is 0 Å². The van der Waals surface area contributed by atoms with E-state index in [2.05, 4.69) is 38.9 Å². The highest BCUT2D eigenvalue weighted by atomic mass is 19.1. The molecule has 218 valence electrons. The van der Waals surface area contributed by atoms with Gasteiger partial charge in [-0.3, -0.25) is 19.7 Å². The first kappa shape index (κ1) is 29.6. The molecule has 13 heteroatoms. The lowest BCUT2D eigenvalue weighted by atomic mass is 10.1. The van der Waals surface area contributed by atoms with Crippen LogP contribution in [0.1, 0.15) is 26.0 Å². The van der Waals surface area contributed by atoms with E-state index in [1.165, 1.54) is 18.3 Å². The Labute approximate surface area is 235 Å². The second-order valence-corrected chi connectivity index (χ2v) is 9.63. The Morgan fingerprint density at radius 1 is 1.07 bits per heavy atom. The molecule has 0 atom stereocenters. The minimum absolute atomic E-state index is 0.0869. The molecule has 2 aromatic heterocycles. The highest BCUT2D eigenvalue weighted by Gasteiger charge is 2.23. The molecule has 0 fully saturated rings. The SMILES string of the molecule is COc1cc2c(N(c3cc(F)cc(F)c3)c3cc(CC(N)=O)[nH]n3)ncnc2cc1OCCCN(CCO)C(C)C. The number of hydrogen-bond acceptors (Lipinski definition) is 9. The number of carbonyl (C=O) groups is 1. The molecular formula is C28H33F2N7O4. The van der Waals surface area contributed by atoms with E-state index in [9.17, 15) is 18.7 Å². The molecule has 0 radical (unpaired) electrons. The summed E-state index contributed by atoms with van der Waals surface area (Å²) in [6.45, 7) is 5.97. The van der Waals surface area contributed by atoms with Crippen molar-refractivity contribution in [3.63, 3.8) is 0 Å². The Morgan fingerprint density at radius 3 is 2.49 bits per heavy atom. The summed E-state index contributed by atoms with van der Waals surface area (Å²) in [5, 5.41) is 16.8. The van der Waals surface area contributed by atoms with Crippen molar-refractivity contribution in [1.82, 2.24) is 25.1 Å². The van der Waals surface area contributed by atoms with E-state index in [4.69, 9.17) is 15.2 Å². The van der Waals surface area contributed by atoms with Gasteiger partial charge < -0.3 is 20.3 Å². The highest BCUT2D eigenvalue weighted by Crippen LogP contribution is 2.40. The second-order valence-electron chi connectivity index (χ2n) is 9.63. The third kappa shape index (κ3) is 7.24. The predicted molar refractivity (Wildman–Crippen MR) is 150 cm³/mol. The molecule has 0 aliphatic carbocycles. The van der Waals surface area contributed by atoms with Crippen LogP contribution in [0.2, 0.25) is 0 Å². The average molecular weight is 570 g/mol. The molecule has 4 aromatic rings. The van der Waals surface area contributed by atoms with Crippen molar-refractivity contribution in [2.75, 3.05) is 38.3 Å². The van der Waals surface area contributed by atoms with Crippen molar-refractivity contribution in [3.05, 3.63) is 60.1 Å². The molecule has 41 heavy (non-hydrogen) atoms. The van der Waals surface area contributed by atoms with E-state index in [0.717, 1.165) is 31.2 Å². The number of nitrogens with two attached hydrogens (primary N) is 1. The second kappa shape index (κ2) is 13.3. The zero-order valence-corrected chi connectivity index (χ0v) is 23.1. The van der Waals surface area contributed by atoms with E-state index in [0.29, 0.717) is 47.3 Å². The molecular weight excluding hydrogens is 536 g/mol. The molecule has 2 heterocycles. The van der Waals surface area contributed by atoms with Gasteiger partial charge in [0.1, 0.15) is 23.8 Å². The lowest BCUT2D eigenvalue weighted by Crippen LogP contribution is -2.34. The van der Waals surface area contributed by atoms with Gasteiger partial charge in [-0.1, -0.05) is 0 Å². The number of halogens is 2. The lowest BCUT2D eigenvalue weighted by molar-refractivity contribution is -0.117. The number of carbonyl (C=O) groups excluding carboxylic acids is 1. The number of primary amides is 1. The van der Waals surface area contributed by atoms with Crippen LogP contribution in [0, 0.1) is 11.6 Å². The van der Waals surface area contributed by atoms with Gasteiger partial charge >= 0.3 is 0 Å². The van der Waals surface area contributed by atoms with E-state index in [1.54, 1.807) is 18.2 Å². The van der Waals surface area contributed by atoms with Gasteiger partial charge in [-0.05, 0) is 38.5 Å². The molecule has 0 aliphatic heterocycles. The minimum atomic E-state index is -0.792. The summed E-state index contributed by atoms with van der Waals surface area (Å²) in [6, 6.07) is 8.29. The largest absolute Gasteiger partial charge is 0.493 e. The number of hydrogen-bond donors (Lipinski definition) is 3. The third-order valence-corrected chi connectivity index (χ3v) is 6.39. The molecule has 4 N–H and O–H groups in total. The fraction of sp³-hybridized carbons (Fsp3) is 0.357. The summed E-state index contributed by atoms with van der Waals surface area (Å²) < 4.78 is 40.3. The Hall–Kier alpha value is -4.36. The van der Waals surface area contributed by atoms with Crippen molar-refractivity contribution in [2.45, 2.75) is 32.7 Å². The standard InChI is InChI=1S/C28H33F2N7O4/c1-17(2)36(6-7-38)5-4-8-41-25-15-23-22(14-24(25)40-3)28(33-16-32-23)37(21-10-18(29)9-19(30)11-21)27-13-20(34-35-27)12-26(31)39/h9-11,13-17,38H,4-8,12H2,1-3H3,(H2,31,39)(H,34,35). The average Bonchev–Trinajstić information content (AvgIpc) is 3.36. The molecule has 0 saturated carbocycles. The molecule has 0 aliphatic rings. The molecule has 0 saturated heterocycles. The van der Waals surface area contributed by atoms with Gasteiger partial charge in [0.15, 0.2) is 17.3 Å². The van der Waals surface area contributed by atoms with Crippen molar-refractivity contribution >= 4 is 34.1 Å². The number of aromatic amines is 1. The number of amides is 1. The van der Waals surface area contributed by atoms with Gasteiger partial charge in [0.2, 0.25) is 5.91 Å². The first-order chi connectivity index (χ1) is 19.7. The maximum absolute atomic E-state index is 14.3. The van der Waals surface area contributed by atoms with Gasteiger partial charge in [-0.2, -0.15) is 5.10 Å². The van der Waals surface area contributed by atoms with Crippen LogP contribution in [0.25, 0.3) is 10.9 Å². The van der Waals surface area contributed by atoms with Crippen LogP contribution >= 0.6 is 0 Å². The van der Waals surface area contributed by atoms with Crippen LogP contribution in [0.15, 0.2) is 42.7 Å². The molecule has 4 rings (SSSR count). The van der Waals surface area contributed by atoms with Gasteiger partial charge in [0.25, 0.3) is 0 Å².